The highest BCUT2D eigenvalue weighted by molar-refractivity contribution is 5.83. The van der Waals surface area contributed by atoms with Crippen molar-refractivity contribution in [1.29, 1.82) is 0 Å². The number of halogens is 2. The fourth-order valence-electron chi connectivity index (χ4n) is 2.71. The van der Waals surface area contributed by atoms with Crippen molar-refractivity contribution in [2.75, 3.05) is 19.7 Å². The van der Waals surface area contributed by atoms with Crippen LogP contribution in [0.5, 0.6) is 5.88 Å². The quantitative estimate of drug-likeness (QED) is 0.838. The van der Waals surface area contributed by atoms with Gasteiger partial charge < -0.3 is 15.4 Å². The number of piperidine rings is 1. The third kappa shape index (κ3) is 4.16. The van der Waals surface area contributed by atoms with Crippen molar-refractivity contribution >= 4 is 5.91 Å². The van der Waals surface area contributed by atoms with E-state index in [0.717, 1.165) is 31.5 Å². The second-order valence-electron chi connectivity index (χ2n) is 6.16. The molecule has 0 bridgehead atoms. The van der Waals surface area contributed by atoms with E-state index in [1.165, 1.54) is 6.20 Å². The highest BCUT2D eigenvalue weighted by Gasteiger charge is 2.41. The number of carbonyl (C=O) groups excluding carboxylic acids is 1. The number of nitrogens with one attached hydrogen (secondary N) is 2. The Hall–Kier alpha value is -1.76. The molecule has 3 rings (SSSR count). The third-order valence-corrected chi connectivity index (χ3v) is 4.21. The Morgan fingerprint density at radius 1 is 1.35 bits per heavy atom. The highest BCUT2D eigenvalue weighted by Crippen LogP contribution is 2.43. The first-order valence-electron chi connectivity index (χ1n) is 8.03. The maximum atomic E-state index is 14.0. The largest absolute Gasteiger partial charge is 0.470 e. The standard InChI is InChI=1S/C16H21F2N3O2/c17-16(18,15(22)21-12-5-8-19-9-6-12)10-23-14-13(11-3-4-11)2-1-7-20-14/h1-2,7,11-12,19H,3-6,8-10H2,(H,21,22). The molecule has 2 heterocycles. The van der Waals surface area contributed by atoms with E-state index in [1.807, 2.05) is 6.07 Å². The summed E-state index contributed by atoms with van der Waals surface area (Å²) in [6.45, 7) is 0.470. The molecule has 1 aliphatic heterocycles. The van der Waals surface area contributed by atoms with Gasteiger partial charge in [0.25, 0.3) is 5.91 Å². The van der Waals surface area contributed by atoms with E-state index in [-0.39, 0.29) is 11.9 Å². The summed E-state index contributed by atoms with van der Waals surface area (Å²) < 4.78 is 33.2. The number of alkyl halides is 2. The summed E-state index contributed by atoms with van der Waals surface area (Å²) in [5.41, 5.74) is 0.849. The van der Waals surface area contributed by atoms with Crippen LogP contribution in [0.1, 0.15) is 37.2 Å². The Balaban J connectivity index is 1.56. The molecule has 23 heavy (non-hydrogen) atoms. The number of rotatable bonds is 6. The molecule has 0 atom stereocenters. The van der Waals surface area contributed by atoms with E-state index in [1.54, 1.807) is 6.07 Å². The van der Waals surface area contributed by atoms with Gasteiger partial charge in [-0.05, 0) is 50.8 Å². The predicted molar refractivity (Wildman–Crippen MR) is 80.7 cm³/mol. The first-order valence-corrected chi connectivity index (χ1v) is 8.03. The van der Waals surface area contributed by atoms with Gasteiger partial charge in [0, 0.05) is 17.8 Å². The third-order valence-electron chi connectivity index (χ3n) is 4.21. The van der Waals surface area contributed by atoms with Gasteiger partial charge in [0.05, 0.1) is 0 Å². The Labute approximate surface area is 133 Å². The van der Waals surface area contributed by atoms with Crippen molar-refractivity contribution in [3.05, 3.63) is 23.9 Å². The smallest absolute Gasteiger partial charge is 0.357 e. The molecule has 126 valence electrons. The van der Waals surface area contributed by atoms with Crippen LogP contribution in [0.15, 0.2) is 18.3 Å². The molecule has 5 nitrogen and oxygen atoms in total. The Bertz CT molecular complexity index is 558. The van der Waals surface area contributed by atoms with Gasteiger partial charge in [-0.3, -0.25) is 4.79 Å². The highest BCUT2D eigenvalue weighted by atomic mass is 19.3. The number of ether oxygens (including phenoxy) is 1. The minimum Gasteiger partial charge on any atom is -0.470 e. The molecule has 0 unspecified atom stereocenters. The van der Waals surface area contributed by atoms with Gasteiger partial charge in [-0.25, -0.2) is 4.98 Å². The van der Waals surface area contributed by atoms with Crippen LogP contribution in [0.25, 0.3) is 0 Å². The van der Waals surface area contributed by atoms with E-state index in [9.17, 15) is 13.6 Å². The lowest BCUT2D eigenvalue weighted by Gasteiger charge is -2.26. The first-order chi connectivity index (χ1) is 11.1. The fourth-order valence-corrected chi connectivity index (χ4v) is 2.71. The molecule has 2 N–H and O–H groups in total. The van der Waals surface area contributed by atoms with Gasteiger partial charge >= 0.3 is 5.92 Å². The zero-order chi connectivity index (χ0) is 16.3. The number of nitrogens with zero attached hydrogens (tertiary/aromatic N) is 1. The van der Waals surface area contributed by atoms with Gasteiger partial charge in [-0.1, -0.05) is 6.07 Å². The maximum Gasteiger partial charge on any atom is 0.357 e. The lowest BCUT2D eigenvalue weighted by Crippen LogP contribution is -2.50. The van der Waals surface area contributed by atoms with Crippen LogP contribution in [0.4, 0.5) is 8.78 Å². The van der Waals surface area contributed by atoms with Crippen LogP contribution >= 0.6 is 0 Å². The lowest BCUT2D eigenvalue weighted by atomic mass is 10.1. The zero-order valence-electron chi connectivity index (χ0n) is 12.9. The molecule has 1 aliphatic carbocycles. The van der Waals surface area contributed by atoms with Crippen molar-refractivity contribution < 1.29 is 18.3 Å². The van der Waals surface area contributed by atoms with E-state index in [2.05, 4.69) is 15.6 Å². The average molecular weight is 325 g/mol. The lowest BCUT2D eigenvalue weighted by molar-refractivity contribution is -0.150. The summed E-state index contributed by atoms with van der Waals surface area (Å²) >= 11 is 0. The van der Waals surface area contributed by atoms with Crippen LogP contribution in [0.3, 0.4) is 0 Å². The number of amides is 1. The van der Waals surface area contributed by atoms with Crippen molar-refractivity contribution in [3.63, 3.8) is 0 Å². The Kier molecular flexibility index (Phi) is 4.75. The first kappa shape index (κ1) is 16.1. The molecule has 1 amide bonds. The molecule has 0 aromatic carbocycles. The van der Waals surface area contributed by atoms with Gasteiger partial charge in [-0.2, -0.15) is 8.78 Å². The minimum absolute atomic E-state index is 0.202. The summed E-state index contributed by atoms with van der Waals surface area (Å²) in [5, 5.41) is 5.54. The molecule has 2 fully saturated rings. The number of hydrogen-bond acceptors (Lipinski definition) is 4. The summed E-state index contributed by atoms with van der Waals surface area (Å²) in [6.07, 6.45) is 4.88. The fraction of sp³-hybridized carbons (Fsp3) is 0.625. The monoisotopic (exact) mass is 325 g/mol. The molecular formula is C16H21F2N3O2. The molecule has 0 spiro atoms. The molecule has 7 heteroatoms. The molecule has 1 saturated heterocycles. The van der Waals surface area contributed by atoms with Crippen LogP contribution < -0.4 is 15.4 Å². The maximum absolute atomic E-state index is 14.0. The average Bonchev–Trinajstić information content (AvgIpc) is 3.39. The van der Waals surface area contributed by atoms with Crippen LogP contribution in [-0.4, -0.2) is 42.6 Å². The number of aromatic nitrogens is 1. The van der Waals surface area contributed by atoms with Crippen molar-refractivity contribution in [1.82, 2.24) is 15.6 Å². The number of hydrogen-bond donors (Lipinski definition) is 2. The molecule has 1 saturated carbocycles. The van der Waals surface area contributed by atoms with Crippen LogP contribution in [-0.2, 0) is 4.79 Å². The summed E-state index contributed by atoms with van der Waals surface area (Å²) in [4.78, 5) is 15.8. The predicted octanol–water partition coefficient (Wildman–Crippen LogP) is 1.84. The Morgan fingerprint density at radius 3 is 2.78 bits per heavy atom. The van der Waals surface area contributed by atoms with Crippen LogP contribution in [0.2, 0.25) is 0 Å². The minimum atomic E-state index is -3.57. The second kappa shape index (κ2) is 6.78. The topological polar surface area (TPSA) is 63.2 Å². The number of pyridine rings is 1. The van der Waals surface area contributed by atoms with E-state index in [4.69, 9.17) is 4.74 Å². The summed E-state index contributed by atoms with van der Waals surface area (Å²) in [7, 11) is 0. The van der Waals surface area contributed by atoms with Gasteiger partial charge in [0.1, 0.15) is 0 Å². The molecular weight excluding hydrogens is 304 g/mol. The molecule has 0 radical (unpaired) electrons. The Morgan fingerprint density at radius 2 is 2.09 bits per heavy atom. The van der Waals surface area contributed by atoms with Gasteiger partial charge in [0.15, 0.2) is 6.61 Å². The summed E-state index contributed by atoms with van der Waals surface area (Å²) in [5.74, 6) is -4.28. The second-order valence-corrected chi connectivity index (χ2v) is 6.16. The number of carbonyl (C=O) groups is 1. The summed E-state index contributed by atoms with van der Waals surface area (Å²) in [6, 6.07) is 3.40. The van der Waals surface area contributed by atoms with Crippen molar-refractivity contribution in [2.24, 2.45) is 0 Å². The van der Waals surface area contributed by atoms with Crippen molar-refractivity contribution in [3.8, 4) is 5.88 Å². The normalized spacial score (nSPS) is 19.4. The SMILES string of the molecule is O=C(NC1CCNCC1)C(F)(F)COc1ncccc1C1CC1. The van der Waals surface area contributed by atoms with Gasteiger partial charge in [-0.15, -0.1) is 0 Å². The molecule has 2 aliphatic rings. The van der Waals surface area contributed by atoms with Gasteiger partial charge in [0.2, 0.25) is 5.88 Å². The molecule has 1 aromatic rings. The van der Waals surface area contributed by atoms with Crippen molar-refractivity contribution in [2.45, 2.75) is 43.6 Å². The van der Waals surface area contributed by atoms with E-state index >= 15 is 0 Å². The van der Waals surface area contributed by atoms with Crippen LogP contribution in [0, 0.1) is 0 Å². The van der Waals surface area contributed by atoms with E-state index in [0.29, 0.717) is 18.8 Å². The zero-order valence-corrected chi connectivity index (χ0v) is 12.9. The molecule has 1 aromatic heterocycles. The van der Waals surface area contributed by atoms with E-state index < -0.39 is 18.4 Å².